The summed E-state index contributed by atoms with van der Waals surface area (Å²) in [7, 11) is 1.27. The Morgan fingerprint density at radius 2 is 1.64 bits per heavy atom. The van der Waals surface area contributed by atoms with Crippen molar-refractivity contribution >= 4 is 24.9 Å². The Morgan fingerprint density at radius 3 is 2.30 bits per heavy atom. The van der Waals surface area contributed by atoms with Gasteiger partial charge in [-0.1, -0.05) is 79.8 Å². The second-order valence-electron chi connectivity index (χ2n) is 17.5. The van der Waals surface area contributed by atoms with Crippen LogP contribution in [0.4, 0.5) is 4.79 Å². The van der Waals surface area contributed by atoms with Gasteiger partial charge in [-0.05, 0) is 75.6 Å². The minimum atomic E-state index is -2.27. The lowest BCUT2D eigenvalue weighted by molar-refractivity contribution is -0.217. The summed E-state index contributed by atoms with van der Waals surface area (Å²) in [4.78, 5) is 15.5. The van der Waals surface area contributed by atoms with Crippen molar-refractivity contribution in [3.8, 4) is 17.2 Å². The van der Waals surface area contributed by atoms with E-state index in [1.54, 1.807) is 19.1 Å². The maximum absolute atomic E-state index is 13.8. The van der Waals surface area contributed by atoms with E-state index in [1.807, 2.05) is 76.2 Å². The van der Waals surface area contributed by atoms with E-state index in [0.29, 0.717) is 26.2 Å². The molecule has 296 valence electrons. The van der Waals surface area contributed by atoms with Crippen LogP contribution < -0.4 is 14.2 Å². The SMILES string of the molecule is COc1c2c3c(c4c(OCc5ccccc5)cc(C)cc14)OCC[Si](C)(C)[C@@]31C=C[C@]2([C@H]2C[C@@H](N(C)C(=O)OC(C)(C)C)[C@H](OCc3ccccc3)[C@@H](C)O2)O1. The zero-order valence-electron chi connectivity index (χ0n) is 34.1. The van der Waals surface area contributed by atoms with Gasteiger partial charge in [-0.3, -0.25) is 0 Å². The average molecular weight is 778 g/mol. The number of methoxy groups -OCH3 is 1. The number of likely N-dealkylation sites (N-methyl/N-ethyl adjacent to an activating group) is 1. The van der Waals surface area contributed by atoms with E-state index in [0.717, 1.165) is 61.9 Å². The van der Waals surface area contributed by atoms with Crippen molar-refractivity contribution in [3.63, 3.8) is 0 Å². The predicted molar refractivity (Wildman–Crippen MR) is 219 cm³/mol. The highest BCUT2D eigenvalue weighted by Gasteiger charge is 2.69. The van der Waals surface area contributed by atoms with Crippen molar-refractivity contribution in [1.29, 1.82) is 0 Å². The summed E-state index contributed by atoms with van der Waals surface area (Å²) in [5, 5.41) is 1.08. The van der Waals surface area contributed by atoms with Gasteiger partial charge >= 0.3 is 6.09 Å². The van der Waals surface area contributed by atoms with Gasteiger partial charge in [0.15, 0.2) is 0 Å². The minimum Gasteiger partial charge on any atom is -0.496 e. The highest BCUT2D eigenvalue weighted by Crippen LogP contribution is 2.68. The fraction of sp³-hybridized carbons (Fsp3) is 0.457. The summed E-state index contributed by atoms with van der Waals surface area (Å²) < 4.78 is 47.5. The number of nitrogens with zero attached hydrogens (tertiary/aromatic N) is 1. The molecule has 0 N–H and O–H groups in total. The predicted octanol–water partition coefficient (Wildman–Crippen LogP) is 9.36. The number of hydrogen-bond acceptors (Lipinski definition) is 8. The summed E-state index contributed by atoms with van der Waals surface area (Å²) in [6, 6.07) is 25.0. The van der Waals surface area contributed by atoms with Crippen LogP contribution in [0.15, 0.2) is 84.9 Å². The van der Waals surface area contributed by atoms with E-state index in [4.69, 9.17) is 33.2 Å². The number of carbonyl (C=O) groups is 1. The fourth-order valence-electron chi connectivity index (χ4n) is 9.26. The van der Waals surface area contributed by atoms with Crippen LogP contribution in [0.25, 0.3) is 10.8 Å². The second-order valence-corrected chi connectivity index (χ2v) is 22.5. The lowest BCUT2D eigenvalue weighted by atomic mass is 9.76. The third-order valence-electron chi connectivity index (χ3n) is 12.1. The first-order valence-electron chi connectivity index (χ1n) is 19.8. The van der Waals surface area contributed by atoms with Crippen molar-refractivity contribution in [2.75, 3.05) is 20.8 Å². The number of benzene rings is 4. The Labute approximate surface area is 331 Å². The van der Waals surface area contributed by atoms with E-state index < -0.39 is 54.9 Å². The number of hydrogen-bond donors (Lipinski definition) is 0. The molecule has 4 aromatic rings. The largest absolute Gasteiger partial charge is 0.496 e. The number of carbonyl (C=O) groups excluding carboxylic acids is 1. The molecule has 1 spiro atoms. The monoisotopic (exact) mass is 777 g/mol. The molecule has 4 aliphatic heterocycles. The number of amides is 1. The molecular formula is C46H55NO8Si. The molecule has 4 heterocycles. The van der Waals surface area contributed by atoms with Gasteiger partial charge in [0.1, 0.15) is 46.4 Å². The number of fused-ring (bicyclic) bond motifs is 4. The molecule has 0 radical (unpaired) electrons. The third-order valence-corrected chi connectivity index (χ3v) is 16.1. The van der Waals surface area contributed by atoms with Crippen molar-refractivity contribution in [2.24, 2.45) is 0 Å². The smallest absolute Gasteiger partial charge is 0.410 e. The zero-order valence-corrected chi connectivity index (χ0v) is 35.1. The van der Waals surface area contributed by atoms with E-state index in [1.165, 1.54) is 0 Å². The summed E-state index contributed by atoms with van der Waals surface area (Å²) in [5.74, 6) is 2.26. The Balaban J connectivity index is 1.27. The molecule has 9 nitrogen and oxygen atoms in total. The molecular weight excluding hydrogens is 723 g/mol. The molecule has 2 bridgehead atoms. The van der Waals surface area contributed by atoms with Crippen LogP contribution in [0.3, 0.4) is 0 Å². The number of ether oxygens (including phenoxy) is 7. The van der Waals surface area contributed by atoms with Crippen LogP contribution in [0.5, 0.6) is 17.2 Å². The van der Waals surface area contributed by atoms with E-state index in [9.17, 15) is 4.79 Å². The van der Waals surface area contributed by atoms with Crippen molar-refractivity contribution < 1.29 is 38.0 Å². The van der Waals surface area contributed by atoms with Gasteiger partial charge in [0.2, 0.25) is 0 Å². The first-order chi connectivity index (χ1) is 26.7. The van der Waals surface area contributed by atoms with Gasteiger partial charge in [0.05, 0.1) is 52.0 Å². The first-order valence-corrected chi connectivity index (χ1v) is 23.0. The molecule has 6 atom stereocenters. The Kier molecular flexibility index (Phi) is 9.79. The first kappa shape index (κ1) is 38.5. The Hall–Kier alpha value is -4.35. The molecule has 0 aromatic heterocycles. The minimum absolute atomic E-state index is 0.379. The molecule has 56 heavy (non-hydrogen) atoms. The van der Waals surface area contributed by atoms with Gasteiger partial charge in [0, 0.05) is 30.0 Å². The summed E-state index contributed by atoms with van der Waals surface area (Å²) in [5.41, 5.74) is 3.42. The summed E-state index contributed by atoms with van der Waals surface area (Å²) in [6.45, 7) is 15.9. The van der Waals surface area contributed by atoms with Crippen molar-refractivity contribution in [3.05, 3.63) is 113 Å². The lowest BCUT2D eigenvalue weighted by Crippen LogP contribution is -2.60. The molecule has 1 amide bonds. The summed E-state index contributed by atoms with van der Waals surface area (Å²) in [6.07, 6.45) is 3.16. The third kappa shape index (κ3) is 6.39. The molecule has 10 heteroatoms. The Morgan fingerprint density at radius 1 is 0.964 bits per heavy atom. The topological polar surface area (TPSA) is 84.9 Å². The van der Waals surface area contributed by atoms with Crippen molar-refractivity contribution in [1.82, 2.24) is 4.90 Å². The van der Waals surface area contributed by atoms with E-state index in [-0.39, 0.29) is 0 Å². The van der Waals surface area contributed by atoms with Gasteiger partial charge in [-0.15, -0.1) is 0 Å². The van der Waals surface area contributed by atoms with Crippen LogP contribution >= 0.6 is 0 Å². The van der Waals surface area contributed by atoms with Crippen molar-refractivity contribution in [2.45, 2.75) is 114 Å². The second kappa shape index (κ2) is 14.2. The molecule has 8 rings (SSSR count). The van der Waals surface area contributed by atoms with Crippen LogP contribution in [0, 0.1) is 6.92 Å². The van der Waals surface area contributed by atoms with Crippen LogP contribution in [-0.2, 0) is 43.0 Å². The summed E-state index contributed by atoms with van der Waals surface area (Å²) >= 11 is 0. The quantitative estimate of drug-likeness (QED) is 0.123. The van der Waals surface area contributed by atoms with Gasteiger partial charge < -0.3 is 38.1 Å². The highest BCUT2D eigenvalue weighted by molar-refractivity contribution is 6.80. The zero-order chi connectivity index (χ0) is 39.6. The average Bonchev–Trinajstić information content (AvgIpc) is 3.69. The molecule has 4 aliphatic rings. The molecule has 0 unspecified atom stereocenters. The molecule has 1 saturated heterocycles. The van der Waals surface area contributed by atoms with Gasteiger partial charge in [-0.25, -0.2) is 4.79 Å². The van der Waals surface area contributed by atoms with E-state index >= 15 is 0 Å². The standard InChI is InChI=1S/C46H55NO8Si/c1-29-24-33-37(35(25-29)51-27-31-16-12-10-13-17-31)42-39-38(41(33)49-7)45(20-21-46(39,55-45)56(8,9)23-22-50-42)36-26-34(47(6)43(48)54-44(3,4)5)40(30(2)53-36)52-28-32-18-14-11-15-19-32/h10-21,24-25,30,34,36,40H,22-23,26-28H2,1-9H3/t30-,34-,36-,40-,45-,46+/m1/s1. The maximum Gasteiger partial charge on any atom is 0.410 e. The van der Waals surface area contributed by atoms with Crippen LogP contribution in [0.1, 0.15) is 61.9 Å². The van der Waals surface area contributed by atoms with Crippen LogP contribution in [-0.4, -0.2) is 69.8 Å². The molecule has 0 saturated carbocycles. The Bertz CT molecular complexity index is 2150. The lowest BCUT2D eigenvalue weighted by Gasteiger charge is -2.48. The van der Waals surface area contributed by atoms with Gasteiger partial charge in [-0.2, -0.15) is 0 Å². The molecule has 4 aromatic carbocycles. The van der Waals surface area contributed by atoms with Gasteiger partial charge in [0.25, 0.3) is 0 Å². The fourth-order valence-corrected chi connectivity index (χ4v) is 12.1. The molecule has 1 fully saturated rings. The van der Waals surface area contributed by atoms with Crippen LogP contribution in [0.2, 0.25) is 19.1 Å². The maximum atomic E-state index is 13.8. The number of aryl methyl sites for hydroxylation is 1. The van der Waals surface area contributed by atoms with E-state index in [2.05, 4.69) is 56.4 Å². The molecule has 0 aliphatic carbocycles. The highest BCUT2D eigenvalue weighted by atomic mass is 28.3. The number of rotatable bonds is 9. The normalized spacial score (nSPS) is 27.3.